The zero-order chi connectivity index (χ0) is 22.4. The molecule has 1 aromatic heterocycles. The second-order valence-corrected chi connectivity index (χ2v) is 7.30. The van der Waals surface area contributed by atoms with Gasteiger partial charge in [0, 0.05) is 11.6 Å². The fourth-order valence-corrected chi connectivity index (χ4v) is 3.67. The molecule has 8 nitrogen and oxygen atoms in total. The minimum absolute atomic E-state index is 0.163. The standard InChI is InChI=1S/C22H21BrN2O6/c1-28-17-13-18(29-2)25-21(24-17)31-19(20(26)27)22(30-3,14-8-5-4-6-9-14)15-10-7-11-16(23)12-15/h4-13,19H,1-3H3,(H,26,27). The van der Waals surface area contributed by atoms with Crippen LogP contribution in [0, 0.1) is 0 Å². The zero-order valence-electron chi connectivity index (χ0n) is 17.1. The van der Waals surface area contributed by atoms with Crippen molar-refractivity contribution < 1.29 is 28.8 Å². The van der Waals surface area contributed by atoms with Crippen molar-refractivity contribution in [1.29, 1.82) is 0 Å². The van der Waals surface area contributed by atoms with Crippen LogP contribution in [0.4, 0.5) is 0 Å². The van der Waals surface area contributed by atoms with E-state index in [1.165, 1.54) is 27.4 Å². The summed E-state index contributed by atoms with van der Waals surface area (Å²) in [5.41, 5.74) is -0.369. The van der Waals surface area contributed by atoms with Gasteiger partial charge in [0.2, 0.25) is 17.9 Å². The Morgan fingerprint density at radius 3 is 2.06 bits per heavy atom. The molecule has 2 aromatic carbocycles. The van der Waals surface area contributed by atoms with Gasteiger partial charge in [-0.1, -0.05) is 58.4 Å². The second-order valence-electron chi connectivity index (χ2n) is 6.39. The highest BCUT2D eigenvalue weighted by atomic mass is 79.9. The van der Waals surface area contributed by atoms with Crippen molar-refractivity contribution in [3.63, 3.8) is 0 Å². The van der Waals surface area contributed by atoms with Crippen LogP contribution in [0.1, 0.15) is 11.1 Å². The van der Waals surface area contributed by atoms with Crippen molar-refractivity contribution in [3.05, 3.63) is 76.3 Å². The van der Waals surface area contributed by atoms with Crippen LogP contribution in [0.2, 0.25) is 0 Å². The molecular formula is C22H21BrN2O6. The number of aromatic nitrogens is 2. The molecule has 0 amide bonds. The first-order chi connectivity index (χ1) is 14.9. The minimum atomic E-state index is -1.55. The lowest BCUT2D eigenvalue weighted by Crippen LogP contribution is -2.50. The molecule has 0 saturated heterocycles. The molecule has 1 heterocycles. The Morgan fingerprint density at radius 1 is 0.935 bits per heavy atom. The molecule has 2 atom stereocenters. The van der Waals surface area contributed by atoms with Gasteiger partial charge in [0.15, 0.2) is 5.60 Å². The third-order valence-corrected chi connectivity index (χ3v) is 5.17. The molecule has 0 bridgehead atoms. The largest absolute Gasteiger partial charge is 0.481 e. The lowest BCUT2D eigenvalue weighted by atomic mass is 9.81. The van der Waals surface area contributed by atoms with Crippen molar-refractivity contribution in [2.24, 2.45) is 0 Å². The van der Waals surface area contributed by atoms with Crippen LogP contribution in [-0.4, -0.2) is 48.5 Å². The molecule has 0 fully saturated rings. The van der Waals surface area contributed by atoms with Crippen molar-refractivity contribution in [1.82, 2.24) is 9.97 Å². The molecule has 0 aliphatic heterocycles. The number of carbonyl (C=O) groups is 1. The van der Waals surface area contributed by atoms with Gasteiger partial charge in [-0.05, 0) is 23.3 Å². The van der Waals surface area contributed by atoms with Crippen molar-refractivity contribution in [2.75, 3.05) is 21.3 Å². The summed E-state index contributed by atoms with van der Waals surface area (Å²) in [7, 11) is 4.27. The van der Waals surface area contributed by atoms with E-state index < -0.39 is 17.7 Å². The van der Waals surface area contributed by atoms with Gasteiger partial charge in [-0.25, -0.2) is 4.79 Å². The Kier molecular flexibility index (Phi) is 7.09. The monoisotopic (exact) mass is 488 g/mol. The molecule has 0 aliphatic carbocycles. The summed E-state index contributed by atoms with van der Waals surface area (Å²) in [5, 5.41) is 10.2. The van der Waals surface area contributed by atoms with Crippen LogP contribution in [0.5, 0.6) is 17.8 Å². The number of rotatable bonds is 9. The number of carboxylic acid groups (broad SMARTS) is 1. The smallest absolute Gasteiger partial charge is 0.348 e. The van der Waals surface area contributed by atoms with Gasteiger partial charge in [0.1, 0.15) is 0 Å². The average Bonchev–Trinajstić information content (AvgIpc) is 2.79. The summed E-state index contributed by atoms with van der Waals surface area (Å²) >= 11 is 3.45. The van der Waals surface area contributed by atoms with E-state index in [-0.39, 0.29) is 17.8 Å². The highest BCUT2D eigenvalue weighted by Crippen LogP contribution is 2.39. The zero-order valence-corrected chi connectivity index (χ0v) is 18.7. The number of halogens is 1. The van der Waals surface area contributed by atoms with Crippen molar-refractivity contribution in [3.8, 4) is 17.8 Å². The van der Waals surface area contributed by atoms with E-state index in [4.69, 9.17) is 18.9 Å². The molecule has 3 rings (SSSR count). The number of benzene rings is 2. The van der Waals surface area contributed by atoms with E-state index >= 15 is 0 Å². The quantitative estimate of drug-likeness (QED) is 0.486. The number of methoxy groups -OCH3 is 3. The van der Waals surface area contributed by atoms with Crippen LogP contribution in [0.25, 0.3) is 0 Å². The predicted molar refractivity (Wildman–Crippen MR) is 116 cm³/mol. The Bertz CT molecular complexity index is 1030. The fraction of sp³-hybridized carbons (Fsp3) is 0.227. The number of hydrogen-bond acceptors (Lipinski definition) is 7. The molecule has 0 aliphatic rings. The van der Waals surface area contributed by atoms with Gasteiger partial charge in [-0.2, -0.15) is 9.97 Å². The molecule has 162 valence electrons. The maximum absolute atomic E-state index is 12.5. The Morgan fingerprint density at radius 2 is 1.55 bits per heavy atom. The molecule has 31 heavy (non-hydrogen) atoms. The van der Waals surface area contributed by atoms with E-state index in [0.29, 0.717) is 11.1 Å². The molecule has 9 heteroatoms. The highest BCUT2D eigenvalue weighted by Gasteiger charge is 2.49. The number of carboxylic acids is 1. The van der Waals surface area contributed by atoms with Crippen LogP contribution >= 0.6 is 15.9 Å². The van der Waals surface area contributed by atoms with Crippen LogP contribution in [0.3, 0.4) is 0 Å². The molecule has 2 unspecified atom stereocenters. The van der Waals surface area contributed by atoms with Crippen molar-refractivity contribution in [2.45, 2.75) is 11.7 Å². The highest BCUT2D eigenvalue weighted by molar-refractivity contribution is 9.10. The van der Waals surface area contributed by atoms with Gasteiger partial charge in [-0.3, -0.25) is 0 Å². The van der Waals surface area contributed by atoms with E-state index in [2.05, 4.69) is 25.9 Å². The van der Waals surface area contributed by atoms with Gasteiger partial charge in [0.25, 0.3) is 0 Å². The summed E-state index contributed by atoms with van der Waals surface area (Å²) in [6, 6.07) is 17.4. The van der Waals surface area contributed by atoms with E-state index in [9.17, 15) is 9.90 Å². The number of hydrogen-bond donors (Lipinski definition) is 1. The first kappa shape index (κ1) is 22.5. The number of nitrogens with zero attached hydrogens (tertiary/aromatic N) is 2. The maximum atomic E-state index is 12.5. The molecule has 3 aromatic rings. The second kappa shape index (κ2) is 9.76. The summed E-state index contributed by atoms with van der Waals surface area (Å²) in [4.78, 5) is 20.7. The SMILES string of the molecule is COc1cc(OC)nc(OC(C(=O)O)C(OC)(c2ccccc2)c2cccc(Br)c2)n1. The fourth-order valence-electron chi connectivity index (χ4n) is 3.28. The minimum Gasteiger partial charge on any atom is -0.481 e. The Hall–Kier alpha value is -3.17. The third kappa shape index (κ3) is 4.62. The molecule has 0 saturated carbocycles. The normalized spacial score (nSPS) is 13.7. The van der Waals surface area contributed by atoms with E-state index in [1.807, 2.05) is 12.1 Å². The van der Waals surface area contributed by atoms with Gasteiger partial charge in [0.05, 0.1) is 20.3 Å². The number of aliphatic carboxylic acids is 1. The number of ether oxygens (including phenoxy) is 4. The Labute approximate surface area is 187 Å². The van der Waals surface area contributed by atoms with E-state index in [1.54, 1.807) is 42.5 Å². The molecule has 1 N–H and O–H groups in total. The molecular weight excluding hydrogens is 468 g/mol. The maximum Gasteiger partial charge on any atom is 0.348 e. The van der Waals surface area contributed by atoms with Gasteiger partial charge < -0.3 is 24.1 Å². The van der Waals surface area contributed by atoms with Crippen molar-refractivity contribution >= 4 is 21.9 Å². The lowest BCUT2D eigenvalue weighted by Gasteiger charge is -2.37. The summed E-state index contributed by atoms with van der Waals surface area (Å²) in [5.74, 6) is -0.941. The summed E-state index contributed by atoms with van der Waals surface area (Å²) < 4.78 is 22.8. The molecule has 0 radical (unpaired) electrons. The predicted octanol–water partition coefficient (Wildman–Crippen LogP) is 3.68. The summed E-state index contributed by atoms with van der Waals surface area (Å²) in [6.07, 6.45) is -1.55. The van der Waals surface area contributed by atoms with Crippen LogP contribution in [0.15, 0.2) is 65.1 Å². The van der Waals surface area contributed by atoms with Crippen LogP contribution in [-0.2, 0) is 15.1 Å². The van der Waals surface area contributed by atoms with Crippen LogP contribution < -0.4 is 14.2 Å². The first-order valence-electron chi connectivity index (χ1n) is 9.17. The van der Waals surface area contributed by atoms with E-state index in [0.717, 1.165) is 4.47 Å². The topological polar surface area (TPSA) is 100 Å². The molecule has 0 spiro atoms. The third-order valence-electron chi connectivity index (χ3n) is 4.67. The lowest BCUT2D eigenvalue weighted by molar-refractivity contribution is -0.160. The Balaban J connectivity index is 2.21. The first-order valence-corrected chi connectivity index (χ1v) is 9.97. The average molecular weight is 489 g/mol. The van der Waals surface area contributed by atoms with Gasteiger partial charge in [-0.15, -0.1) is 0 Å². The summed E-state index contributed by atoms with van der Waals surface area (Å²) in [6.45, 7) is 0. The van der Waals surface area contributed by atoms with Gasteiger partial charge >= 0.3 is 12.0 Å².